The van der Waals surface area contributed by atoms with Crippen LogP contribution in [0.25, 0.3) is 0 Å². The van der Waals surface area contributed by atoms with Gasteiger partial charge in [-0.05, 0) is 24.3 Å². The molecule has 0 saturated carbocycles. The van der Waals surface area contributed by atoms with Gasteiger partial charge in [-0.1, -0.05) is 29.8 Å². The highest BCUT2D eigenvalue weighted by Crippen LogP contribution is 2.25. The molecule has 0 radical (unpaired) electrons. The lowest BCUT2D eigenvalue weighted by atomic mass is 10.1. The molecule has 2 aromatic rings. The first-order valence-electron chi connectivity index (χ1n) is 6.39. The Kier molecular flexibility index (Phi) is 5.06. The van der Waals surface area contributed by atoms with E-state index in [0.29, 0.717) is 22.9 Å². The summed E-state index contributed by atoms with van der Waals surface area (Å²) in [5, 5.41) is 3.24. The second kappa shape index (κ2) is 6.99. The number of carbonyl (C=O) groups excluding carboxylic acids is 1. The van der Waals surface area contributed by atoms with Gasteiger partial charge in [-0.3, -0.25) is 4.79 Å². The van der Waals surface area contributed by atoms with Gasteiger partial charge in [-0.2, -0.15) is 0 Å². The molecule has 0 aliphatic carbocycles. The van der Waals surface area contributed by atoms with Crippen LogP contribution in [0.3, 0.4) is 0 Å². The Morgan fingerprint density at radius 3 is 2.48 bits per heavy atom. The van der Waals surface area contributed by atoms with Gasteiger partial charge in [0.1, 0.15) is 11.5 Å². The first-order chi connectivity index (χ1) is 10.2. The summed E-state index contributed by atoms with van der Waals surface area (Å²) in [5.74, 6) is 1.08. The third-order valence-corrected chi connectivity index (χ3v) is 3.34. The number of halogens is 1. The largest absolute Gasteiger partial charge is 0.496 e. The number of para-hydroxylation sites is 1. The lowest BCUT2D eigenvalue weighted by Crippen LogP contribution is -2.23. The molecule has 5 heteroatoms. The van der Waals surface area contributed by atoms with Gasteiger partial charge in [-0.25, -0.2) is 0 Å². The second-order valence-electron chi connectivity index (χ2n) is 4.34. The summed E-state index contributed by atoms with van der Waals surface area (Å²) in [6.07, 6.45) is 0. The molecule has 0 aliphatic heterocycles. The number of hydrogen-bond acceptors (Lipinski definition) is 3. The summed E-state index contributed by atoms with van der Waals surface area (Å²) < 4.78 is 10.3. The Balaban J connectivity index is 2.06. The summed E-state index contributed by atoms with van der Waals surface area (Å²) in [7, 11) is 3.13. The van der Waals surface area contributed by atoms with Crippen molar-refractivity contribution >= 4 is 17.5 Å². The first kappa shape index (κ1) is 15.2. The van der Waals surface area contributed by atoms with Gasteiger partial charge in [0.15, 0.2) is 0 Å². The molecule has 2 aromatic carbocycles. The zero-order chi connectivity index (χ0) is 15.2. The molecule has 0 bridgehead atoms. The summed E-state index contributed by atoms with van der Waals surface area (Å²) in [6, 6.07) is 12.5. The van der Waals surface area contributed by atoms with E-state index in [1.54, 1.807) is 25.3 Å². The van der Waals surface area contributed by atoms with Crippen molar-refractivity contribution in [3.05, 3.63) is 58.6 Å². The van der Waals surface area contributed by atoms with E-state index in [0.717, 1.165) is 11.3 Å². The van der Waals surface area contributed by atoms with Crippen LogP contribution in [0.2, 0.25) is 5.02 Å². The van der Waals surface area contributed by atoms with Crippen molar-refractivity contribution in [1.82, 2.24) is 5.32 Å². The standard InChI is InChI=1S/C16H16ClNO3/c1-20-14-6-4-3-5-12(14)10-18-16(19)11-7-8-15(21-2)13(17)9-11/h3-9H,10H2,1-2H3,(H,18,19). The van der Waals surface area contributed by atoms with E-state index in [1.165, 1.54) is 7.11 Å². The Labute approximate surface area is 128 Å². The average molecular weight is 306 g/mol. The van der Waals surface area contributed by atoms with Crippen LogP contribution in [0.5, 0.6) is 11.5 Å². The van der Waals surface area contributed by atoms with Crippen LogP contribution in [0, 0.1) is 0 Å². The molecule has 0 aromatic heterocycles. The third kappa shape index (κ3) is 3.67. The van der Waals surface area contributed by atoms with E-state index in [1.807, 2.05) is 24.3 Å². The molecule has 0 unspecified atom stereocenters. The number of methoxy groups -OCH3 is 2. The van der Waals surface area contributed by atoms with Crippen LogP contribution in [0.4, 0.5) is 0 Å². The SMILES string of the molecule is COc1ccc(C(=O)NCc2ccccc2OC)cc1Cl. The molecular formula is C16H16ClNO3. The molecule has 0 spiro atoms. The molecule has 0 atom stereocenters. The lowest BCUT2D eigenvalue weighted by Gasteiger charge is -2.10. The minimum absolute atomic E-state index is 0.203. The molecule has 0 saturated heterocycles. The number of carbonyl (C=O) groups is 1. The molecule has 4 nitrogen and oxygen atoms in total. The number of hydrogen-bond donors (Lipinski definition) is 1. The van der Waals surface area contributed by atoms with E-state index in [2.05, 4.69) is 5.32 Å². The predicted octanol–water partition coefficient (Wildman–Crippen LogP) is 3.29. The highest BCUT2D eigenvalue weighted by Gasteiger charge is 2.10. The highest BCUT2D eigenvalue weighted by atomic mass is 35.5. The van der Waals surface area contributed by atoms with Crippen LogP contribution >= 0.6 is 11.6 Å². The summed E-state index contributed by atoms with van der Waals surface area (Å²) in [6.45, 7) is 0.381. The zero-order valence-electron chi connectivity index (χ0n) is 11.9. The van der Waals surface area contributed by atoms with Crippen molar-refractivity contribution in [2.24, 2.45) is 0 Å². The Bertz CT molecular complexity index is 643. The minimum atomic E-state index is -0.203. The minimum Gasteiger partial charge on any atom is -0.496 e. The fourth-order valence-electron chi connectivity index (χ4n) is 1.93. The quantitative estimate of drug-likeness (QED) is 0.922. The van der Waals surface area contributed by atoms with Crippen LogP contribution < -0.4 is 14.8 Å². The number of rotatable bonds is 5. The van der Waals surface area contributed by atoms with Gasteiger partial charge in [0.25, 0.3) is 5.91 Å². The Morgan fingerprint density at radius 1 is 1.10 bits per heavy atom. The summed E-state index contributed by atoms with van der Waals surface area (Å²) in [5.41, 5.74) is 1.39. The second-order valence-corrected chi connectivity index (χ2v) is 4.75. The monoisotopic (exact) mass is 305 g/mol. The maximum atomic E-state index is 12.1. The van der Waals surface area contributed by atoms with Crippen LogP contribution in [0.1, 0.15) is 15.9 Å². The zero-order valence-corrected chi connectivity index (χ0v) is 12.6. The maximum absolute atomic E-state index is 12.1. The molecule has 1 N–H and O–H groups in total. The van der Waals surface area contributed by atoms with E-state index >= 15 is 0 Å². The lowest BCUT2D eigenvalue weighted by molar-refractivity contribution is 0.0950. The molecule has 1 amide bonds. The van der Waals surface area contributed by atoms with Crippen LogP contribution in [0.15, 0.2) is 42.5 Å². The van der Waals surface area contributed by atoms with Crippen LogP contribution in [-0.4, -0.2) is 20.1 Å². The Morgan fingerprint density at radius 2 is 1.81 bits per heavy atom. The number of amides is 1. The van der Waals surface area contributed by atoms with E-state index in [9.17, 15) is 4.79 Å². The van der Waals surface area contributed by atoms with E-state index in [4.69, 9.17) is 21.1 Å². The number of ether oxygens (including phenoxy) is 2. The van der Waals surface area contributed by atoms with Gasteiger partial charge >= 0.3 is 0 Å². The van der Waals surface area contributed by atoms with Crippen molar-refractivity contribution in [3.63, 3.8) is 0 Å². The van der Waals surface area contributed by atoms with Gasteiger partial charge in [0.05, 0.1) is 19.2 Å². The maximum Gasteiger partial charge on any atom is 0.251 e. The van der Waals surface area contributed by atoms with Gasteiger partial charge in [-0.15, -0.1) is 0 Å². The molecule has 110 valence electrons. The normalized spacial score (nSPS) is 10.0. The fourth-order valence-corrected chi connectivity index (χ4v) is 2.19. The average Bonchev–Trinajstić information content (AvgIpc) is 2.52. The van der Waals surface area contributed by atoms with Crippen molar-refractivity contribution in [1.29, 1.82) is 0 Å². The van der Waals surface area contributed by atoms with Gasteiger partial charge in [0.2, 0.25) is 0 Å². The summed E-state index contributed by atoms with van der Waals surface area (Å²) >= 11 is 6.01. The smallest absolute Gasteiger partial charge is 0.251 e. The molecule has 0 fully saturated rings. The third-order valence-electron chi connectivity index (χ3n) is 3.05. The van der Waals surface area contributed by atoms with Crippen molar-refractivity contribution < 1.29 is 14.3 Å². The van der Waals surface area contributed by atoms with Crippen molar-refractivity contribution in [3.8, 4) is 11.5 Å². The van der Waals surface area contributed by atoms with Gasteiger partial charge in [0, 0.05) is 17.7 Å². The Hall–Kier alpha value is -2.20. The van der Waals surface area contributed by atoms with Crippen molar-refractivity contribution in [2.45, 2.75) is 6.54 Å². The molecular weight excluding hydrogens is 290 g/mol. The first-order valence-corrected chi connectivity index (χ1v) is 6.77. The fraction of sp³-hybridized carbons (Fsp3) is 0.188. The van der Waals surface area contributed by atoms with Crippen LogP contribution in [-0.2, 0) is 6.54 Å². The van der Waals surface area contributed by atoms with E-state index < -0.39 is 0 Å². The molecule has 2 rings (SSSR count). The van der Waals surface area contributed by atoms with Crippen molar-refractivity contribution in [2.75, 3.05) is 14.2 Å². The van der Waals surface area contributed by atoms with Gasteiger partial charge < -0.3 is 14.8 Å². The number of benzene rings is 2. The molecule has 21 heavy (non-hydrogen) atoms. The molecule has 0 aliphatic rings. The molecule has 0 heterocycles. The number of nitrogens with one attached hydrogen (secondary N) is 1. The topological polar surface area (TPSA) is 47.6 Å². The predicted molar refractivity (Wildman–Crippen MR) is 82.2 cm³/mol. The summed E-state index contributed by atoms with van der Waals surface area (Å²) in [4.78, 5) is 12.1. The van der Waals surface area contributed by atoms with E-state index in [-0.39, 0.29) is 5.91 Å². The highest BCUT2D eigenvalue weighted by molar-refractivity contribution is 6.32.